The van der Waals surface area contributed by atoms with E-state index in [0.29, 0.717) is 24.3 Å². The van der Waals surface area contributed by atoms with Crippen molar-refractivity contribution in [3.63, 3.8) is 0 Å². The molecule has 0 N–H and O–H groups in total. The van der Waals surface area contributed by atoms with Crippen LogP contribution in [0.15, 0.2) is 16.6 Å². The highest BCUT2D eigenvalue weighted by Crippen LogP contribution is 2.31. The molecule has 1 aliphatic heterocycles. The van der Waals surface area contributed by atoms with E-state index >= 15 is 0 Å². The zero-order valence-corrected chi connectivity index (χ0v) is 10.4. The van der Waals surface area contributed by atoms with Crippen LogP contribution >= 0.6 is 38.5 Å². The average Bonchev–Trinajstić information content (AvgIpc) is 2.09. The predicted octanol–water partition coefficient (Wildman–Crippen LogP) is 3.02. The number of carbonyl (C=O) groups is 1. The van der Waals surface area contributed by atoms with Gasteiger partial charge in [0.2, 0.25) is 0 Å². The van der Waals surface area contributed by atoms with Gasteiger partial charge in [0, 0.05) is 14.5 Å². The molecule has 0 aromatic heterocycles. The molecular weight excluding hydrogens is 347 g/mol. The fourth-order valence-electron chi connectivity index (χ4n) is 1.25. The lowest BCUT2D eigenvalue weighted by Gasteiger charge is -2.16. The molecule has 0 aliphatic carbocycles. The number of carbonyl (C=O) groups excluding carboxylic acids is 1. The molecule has 13 heavy (non-hydrogen) atoms. The third-order valence-corrected chi connectivity index (χ3v) is 4.20. The molecule has 0 atom stereocenters. The number of Topliss-reactive ketones (excluding diaryl/α,β-unsaturated/α-hetero) is 1. The zero-order valence-electron chi connectivity index (χ0n) is 6.64. The minimum Gasteiger partial charge on any atom is -0.492 e. The minimum atomic E-state index is 0.173. The largest absolute Gasteiger partial charge is 0.492 e. The smallest absolute Gasteiger partial charge is 0.170 e. The Kier molecular flexibility index (Phi) is 2.60. The highest BCUT2D eigenvalue weighted by Gasteiger charge is 2.19. The predicted molar refractivity (Wildman–Crippen MR) is 61.3 cm³/mol. The number of ketones is 1. The van der Waals surface area contributed by atoms with E-state index < -0.39 is 0 Å². The van der Waals surface area contributed by atoms with Crippen molar-refractivity contribution in [2.24, 2.45) is 0 Å². The summed E-state index contributed by atoms with van der Waals surface area (Å²) in [5.74, 6) is 0.871. The molecule has 0 fully saturated rings. The maximum Gasteiger partial charge on any atom is 0.170 e. The van der Waals surface area contributed by atoms with Crippen LogP contribution in [0.4, 0.5) is 0 Å². The summed E-state index contributed by atoms with van der Waals surface area (Å²) >= 11 is 5.58. The Balaban J connectivity index is 2.58. The van der Waals surface area contributed by atoms with Gasteiger partial charge in [0.05, 0.1) is 12.2 Å². The van der Waals surface area contributed by atoms with E-state index in [4.69, 9.17) is 4.74 Å². The zero-order chi connectivity index (χ0) is 9.42. The Morgan fingerprint density at radius 2 is 2.23 bits per heavy atom. The van der Waals surface area contributed by atoms with Gasteiger partial charge in [-0.1, -0.05) is 0 Å². The molecule has 0 bridgehead atoms. The fourth-order valence-corrected chi connectivity index (χ4v) is 2.04. The van der Waals surface area contributed by atoms with Crippen LogP contribution in [0.5, 0.6) is 5.75 Å². The van der Waals surface area contributed by atoms with Gasteiger partial charge in [0.15, 0.2) is 5.78 Å². The molecule has 1 aromatic rings. The van der Waals surface area contributed by atoms with Crippen LogP contribution < -0.4 is 4.74 Å². The molecule has 0 unspecified atom stereocenters. The lowest BCUT2D eigenvalue weighted by Crippen LogP contribution is -2.15. The van der Waals surface area contributed by atoms with Crippen LogP contribution in [0.3, 0.4) is 0 Å². The standard InChI is InChI=1S/C9H6BrIO2/c10-6-4-9-5(3-7(6)11)8(12)1-2-13-9/h3-4H,1-2H2. The van der Waals surface area contributed by atoms with Crippen molar-refractivity contribution >= 4 is 44.3 Å². The number of hydrogen-bond donors (Lipinski definition) is 0. The van der Waals surface area contributed by atoms with Crippen LogP contribution in [-0.2, 0) is 0 Å². The highest BCUT2D eigenvalue weighted by molar-refractivity contribution is 14.1. The highest BCUT2D eigenvalue weighted by atomic mass is 127. The van der Waals surface area contributed by atoms with Gasteiger partial charge < -0.3 is 4.74 Å². The van der Waals surface area contributed by atoms with E-state index in [0.717, 1.165) is 8.04 Å². The summed E-state index contributed by atoms with van der Waals surface area (Å²) < 4.78 is 7.39. The molecule has 2 nitrogen and oxygen atoms in total. The van der Waals surface area contributed by atoms with E-state index in [1.54, 1.807) is 0 Å². The summed E-state index contributed by atoms with van der Waals surface area (Å²) in [6, 6.07) is 3.72. The van der Waals surface area contributed by atoms with Crippen LogP contribution in [0.1, 0.15) is 16.8 Å². The Morgan fingerprint density at radius 1 is 1.46 bits per heavy atom. The summed E-state index contributed by atoms with van der Waals surface area (Å²) in [6.45, 7) is 0.499. The summed E-state index contributed by atoms with van der Waals surface area (Å²) in [5.41, 5.74) is 0.707. The number of ether oxygens (including phenoxy) is 1. The number of fused-ring (bicyclic) bond motifs is 1. The summed E-state index contributed by atoms with van der Waals surface area (Å²) in [7, 11) is 0. The molecule has 0 saturated heterocycles. The molecular formula is C9H6BrIO2. The molecule has 1 aliphatic rings. The first-order valence-corrected chi connectivity index (χ1v) is 5.70. The van der Waals surface area contributed by atoms with Gasteiger partial charge in [-0.25, -0.2) is 0 Å². The normalized spacial score (nSPS) is 15.1. The first-order valence-electron chi connectivity index (χ1n) is 3.83. The second-order valence-electron chi connectivity index (χ2n) is 2.78. The second-order valence-corrected chi connectivity index (χ2v) is 4.80. The van der Waals surface area contributed by atoms with Gasteiger partial charge in [-0.3, -0.25) is 4.79 Å². The molecule has 0 radical (unpaired) electrons. The topological polar surface area (TPSA) is 26.3 Å². The molecule has 1 aromatic carbocycles. The summed E-state index contributed by atoms with van der Waals surface area (Å²) in [5, 5.41) is 0. The molecule has 2 rings (SSSR count). The van der Waals surface area contributed by atoms with E-state index in [2.05, 4.69) is 38.5 Å². The molecule has 1 heterocycles. The van der Waals surface area contributed by atoms with Crippen molar-refractivity contribution in [1.82, 2.24) is 0 Å². The van der Waals surface area contributed by atoms with Gasteiger partial charge in [0.1, 0.15) is 5.75 Å². The van der Waals surface area contributed by atoms with Crippen molar-refractivity contribution in [3.8, 4) is 5.75 Å². The quantitative estimate of drug-likeness (QED) is 0.671. The fraction of sp³-hybridized carbons (Fsp3) is 0.222. The molecule has 0 saturated carbocycles. The molecule has 68 valence electrons. The van der Waals surface area contributed by atoms with Crippen molar-refractivity contribution in [3.05, 3.63) is 25.7 Å². The van der Waals surface area contributed by atoms with E-state index in [-0.39, 0.29) is 5.78 Å². The van der Waals surface area contributed by atoms with Crippen molar-refractivity contribution < 1.29 is 9.53 Å². The number of rotatable bonds is 0. The molecule has 0 amide bonds. The Morgan fingerprint density at radius 3 is 3.00 bits per heavy atom. The first kappa shape index (κ1) is 9.45. The average molecular weight is 353 g/mol. The van der Waals surface area contributed by atoms with E-state index in [1.165, 1.54) is 0 Å². The van der Waals surface area contributed by atoms with Crippen molar-refractivity contribution in [1.29, 1.82) is 0 Å². The van der Waals surface area contributed by atoms with Crippen molar-refractivity contribution in [2.45, 2.75) is 6.42 Å². The van der Waals surface area contributed by atoms with Crippen molar-refractivity contribution in [2.75, 3.05) is 6.61 Å². The van der Waals surface area contributed by atoms with E-state index in [1.807, 2.05) is 12.1 Å². The van der Waals surface area contributed by atoms with Crippen LogP contribution in [0.25, 0.3) is 0 Å². The third kappa shape index (κ3) is 1.74. The van der Waals surface area contributed by atoms with Gasteiger partial charge in [-0.2, -0.15) is 0 Å². The molecule has 0 spiro atoms. The maximum atomic E-state index is 11.5. The van der Waals surface area contributed by atoms with Gasteiger partial charge >= 0.3 is 0 Å². The Hall–Kier alpha value is -0.100. The van der Waals surface area contributed by atoms with Gasteiger partial charge in [-0.05, 0) is 50.7 Å². The van der Waals surface area contributed by atoms with Gasteiger partial charge in [-0.15, -0.1) is 0 Å². The lowest BCUT2D eigenvalue weighted by molar-refractivity contribution is 0.0933. The van der Waals surface area contributed by atoms with Crippen LogP contribution in [-0.4, -0.2) is 12.4 Å². The SMILES string of the molecule is O=C1CCOc2cc(Br)c(I)cc21. The summed E-state index contributed by atoms with van der Waals surface area (Å²) in [6.07, 6.45) is 0.491. The lowest BCUT2D eigenvalue weighted by atomic mass is 10.1. The Labute approximate surface area is 97.9 Å². The number of benzene rings is 1. The summed E-state index contributed by atoms with van der Waals surface area (Å²) in [4.78, 5) is 11.5. The Bertz CT molecular complexity index is 376. The monoisotopic (exact) mass is 352 g/mol. The van der Waals surface area contributed by atoms with Crippen LogP contribution in [0.2, 0.25) is 0 Å². The number of hydrogen-bond acceptors (Lipinski definition) is 2. The molecule has 4 heteroatoms. The first-order chi connectivity index (χ1) is 6.18. The van der Waals surface area contributed by atoms with Crippen LogP contribution in [0, 0.1) is 3.57 Å². The van der Waals surface area contributed by atoms with Gasteiger partial charge in [0.25, 0.3) is 0 Å². The minimum absolute atomic E-state index is 0.173. The second kappa shape index (κ2) is 3.57. The third-order valence-electron chi connectivity index (χ3n) is 1.91. The maximum absolute atomic E-state index is 11.5. The van der Waals surface area contributed by atoms with E-state index in [9.17, 15) is 4.79 Å². The number of halogens is 2.